The Labute approximate surface area is 100 Å². The van der Waals surface area contributed by atoms with Gasteiger partial charge >= 0.3 is 0 Å². The van der Waals surface area contributed by atoms with Gasteiger partial charge in [0, 0.05) is 18.6 Å². The van der Waals surface area contributed by atoms with E-state index >= 15 is 0 Å². The van der Waals surface area contributed by atoms with Crippen molar-refractivity contribution in [1.29, 1.82) is 0 Å². The Morgan fingerprint density at radius 2 is 2.06 bits per heavy atom. The molecule has 2 aromatic rings. The minimum Gasteiger partial charge on any atom is -0.368 e. The number of benzene rings is 1. The van der Waals surface area contributed by atoms with Crippen LogP contribution in [0.5, 0.6) is 0 Å². The molecule has 1 aromatic heterocycles. The fourth-order valence-electron chi connectivity index (χ4n) is 1.67. The number of hydrogen-bond donors (Lipinski definition) is 1. The number of aromatic nitrogens is 1. The highest BCUT2D eigenvalue weighted by Crippen LogP contribution is 2.14. The topological polar surface area (TPSA) is 51.3 Å². The number of likely N-dealkylation sites (N-methyl/N-ethyl adjacent to an activating group) is 1. The molecule has 2 rings (SSSR count). The summed E-state index contributed by atoms with van der Waals surface area (Å²) in [7, 11) is 1.83. The molecule has 4 nitrogen and oxygen atoms in total. The zero-order valence-corrected chi connectivity index (χ0v) is 9.78. The maximum absolute atomic E-state index is 10.8. The van der Waals surface area contributed by atoms with Crippen molar-refractivity contribution in [3.63, 3.8) is 0 Å². The third-order valence-electron chi connectivity index (χ3n) is 2.33. The van der Waals surface area contributed by atoms with Crippen LogP contribution in [-0.4, -0.2) is 24.2 Å². The fourth-order valence-corrected chi connectivity index (χ4v) is 1.67. The molecule has 0 atom stereocenters. The normalized spacial score (nSPS) is 9.81. The lowest BCUT2D eigenvalue weighted by Gasteiger charge is -2.19. The molecule has 0 aliphatic rings. The van der Waals surface area contributed by atoms with Crippen LogP contribution in [0.2, 0.25) is 0 Å². The number of halogens is 1. The third kappa shape index (κ3) is 2.28. The van der Waals surface area contributed by atoms with Gasteiger partial charge in [0.15, 0.2) is 0 Å². The van der Waals surface area contributed by atoms with Gasteiger partial charge < -0.3 is 10.7 Å². The number of nitrogens with zero attached hydrogens (tertiary/aromatic N) is 2. The number of hydrogen-bond acceptors (Lipinski definition) is 2. The molecule has 0 aliphatic carbocycles. The Bertz CT molecular complexity index is 495. The summed E-state index contributed by atoms with van der Waals surface area (Å²) in [6.45, 7) is 0.207. The van der Waals surface area contributed by atoms with E-state index in [-0.39, 0.29) is 24.9 Å². The van der Waals surface area contributed by atoms with Crippen LogP contribution in [0.3, 0.4) is 0 Å². The molecule has 86 valence electrons. The van der Waals surface area contributed by atoms with Crippen molar-refractivity contribution >= 4 is 29.2 Å². The molecular weight excluding hydrogens is 226 g/mol. The third-order valence-corrected chi connectivity index (χ3v) is 2.33. The van der Waals surface area contributed by atoms with Crippen molar-refractivity contribution in [2.24, 2.45) is 5.73 Å². The quantitative estimate of drug-likeness (QED) is 0.873. The average molecular weight is 240 g/mol. The number of primary amides is 1. The molecule has 2 N–H and O–H groups in total. The van der Waals surface area contributed by atoms with Crippen LogP contribution in [-0.2, 0) is 4.79 Å². The van der Waals surface area contributed by atoms with Gasteiger partial charge in [0.1, 0.15) is 6.54 Å². The van der Waals surface area contributed by atoms with E-state index in [0.29, 0.717) is 0 Å². The van der Waals surface area contributed by atoms with Gasteiger partial charge in [-0.25, -0.2) is 0 Å². The van der Waals surface area contributed by atoms with Gasteiger partial charge in [-0.2, -0.15) is 0 Å². The lowest BCUT2D eigenvalue weighted by atomic mass is 10.3. The molecule has 0 bridgehead atoms. The van der Waals surface area contributed by atoms with Crippen LogP contribution in [0.25, 0.3) is 10.9 Å². The van der Waals surface area contributed by atoms with Crippen molar-refractivity contribution < 1.29 is 4.79 Å². The smallest absolute Gasteiger partial charge is 0.238 e. The molecule has 5 heteroatoms. The van der Waals surface area contributed by atoms with Crippen LogP contribution >= 0.6 is 12.4 Å². The van der Waals surface area contributed by atoms with Gasteiger partial charge in [-0.1, -0.05) is 18.2 Å². The van der Waals surface area contributed by atoms with E-state index in [2.05, 4.69) is 0 Å². The van der Waals surface area contributed by atoms with Crippen molar-refractivity contribution in [1.82, 2.24) is 4.68 Å². The molecule has 1 aromatic carbocycles. The van der Waals surface area contributed by atoms with Crippen molar-refractivity contribution in [3.8, 4) is 0 Å². The Morgan fingerprint density at radius 1 is 1.38 bits per heavy atom. The van der Waals surface area contributed by atoms with E-state index in [1.165, 1.54) is 0 Å². The van der Waals surface area contributed by atoms with Crippen LogP contribution in [0.4, 0.5) is 0 Å². The van der Waals surface area contributed by atoms with E-state index in [9.17, 15) is 4.79 Å². The predicted molar refractivity (Wildman–Crippen MR) is 67.4 cm³/mol. The Balaban J connectivity index is 0.00000128. The zero-order valence-electron chi connectivity index (χ0n) is 8.96. The molecule has 16 heavy (non-hydrogen) atoms. The van der Waals surface area contributed by atoms with Gasteiger partial charge in [0.2, 0.25) is 5.91 Å². The van der Waals surface area contributed by atoms with Crippen molar-refractivity contribution in [2.75, 3.05) is 18.6 Å². The van der Waals surface area contributed by atoms with E-state index in [1.807, 2.05) is 48.3 Å². The molecule has 0 aliphatic heterocycles. The van der Waals surface area contributed by atoms with Gasteiger partial charge in [-0.05, 0) is 12.1 Å². The van der Waals surface area contributed by atoms with E-state index in [0.717, 1.165) is 10.9 Å². The summed E-state index contributed by atoms with van der Waals surface area (Å²) in [5.41, 5.74) is 6.22. The molecule has 1 heterocycles. The molecule has 0 saturated heterocycles. The number of carbonyl (C=O) groups is 1. The first-order valence-electron chi connectivity index (χ1n) is 4.74. The standard InChI is InChI=1S/C11H13N3O.ClH/c1-13(8-11(12)15)14-7-6-9-4-2-3-5-10(9)14;/h2-7H,8H2,1H3,(H2,12,15);1H. The highest BCUT2D eigenvalue weighted by Gasteiger charge is 2.06. The van der Waals surface area contributed by atoms with Crippen LogP contribution in [0.1, 0.15) is 0 Å². The molecule has 0 saturated carbocycles. The summed E-state index contributed by atoms with van der Waals surface area (Å²) in [4.78, 5) is 10.8. The molecular formula is C11H14ClN3O. The van der Waals surface area contributed by atoms with Gasteiger partial charge in [0.25, 0.3) is 0 Å². The second kappa shape index (κ2) is 4.90. The summed E-state index contributed by atoms with van der Waals surface area (Å²) in [5.74, 6) is -0.338. The predicted octanol–water partition coefficient (Wildman–Crippen LogP) is 1.12. The SMILES string of the molecule is CN(CC(N)=O)n1ccc2ccccc21.Cl. The number of nitrogens with two attached hydrogens (primary N) is 1. The lowest BCUT2D eigenvalue weighted by molar-refractivity contribution is -0.116. The first-order valence-corrected chi connectivity index (χ1v) is 4.74. The highest BCUT2D eigenvalue weighted by molar-refractivity contribution is 5.85. The first-order chi connectivity index (χ1) is 7.18. The number of fused-ring (bicyclic) bond motifs is 1. The van der Waals surface area contributed by atoms with Gasteiger partial charge in [-0.3, -0.25) is 9.47 Å². The summed E-state index contributed by atoms with van der Waals surface area (Å²) in [6, 6.07) is 10.0. The maximum Gasteiger partial charge on any atom is 0.238 e. The highest BCUT2D eigenvalue weighted by atomic mass is 35.5. The van der Waals surface area contributed by atoms with E-state index in [4.69, 9.17) is 5.73 Å². The Kier molecular flexibility index (Phi) is 3.79. The second-order valence-electron chi connectivity index (χ2n) is 3.50. The summed E-state index contributed by atoms with van der Waals surface area (Å²) in [5, 5.41) is 2.93. The monoisotopic (exact) mass is 239 g/mol. The van der Waals surface area contributed by atoms with Crippen molar-refractivity contribution in [2.45, 2.75) is 0 Å². The van der Waals surface area contributed by atoms with Crippen LogP contribution in [0, 0.1) is 0 Å². The second-order valence-corrected chi connectivity index (χ2v) is 3.50. The average Bonchev–Trinajstić information content (AvgIpc) is 2.59. The van der Waals surface area contributed by atoms with Crippen LogP contribution in [0.15, 0.2) is 36.5 Å². The minimum atomic E-state index is -0.338. The fraction of sp³-hybridized carbons (Fsp3) is 0.182. The molecule has 0 spiro atoms. The number of para-hydroxylation sites is 1. The maximum atomic E-state index is 10.8. The Morgan fingerprint density at radius 3 is 2.75 bits per heavy atom. The summed E-state index contributed by atoms with van der Waals surface area (Å²) >= 11 is 0. The van der Waals surface area contributed by atoms with Gasteiger partial charge in [0.05, 0.1) is 5.52 Å². The summed E-state index contributed by atoms with van der Waals surface area (Å²) in [6.07, 6.45) is 1.92. The summed E-state index contributed by atoms with van der Waals surface area (Å²) < 4.78 is 1.92. The van der Waals surface area contributed by atoms with E-state index < -0.39 is 0 Å². The molecule has 0 radical (unpaired) electrons. The first kappa shape index (κ1) is 12.4. The number of carbonyl (C=O) groups excluding carboxylic acids is 1. The Hall–Kier alpha value is -1.68. The van der Waals surface area contributed by atoms with Gasteiger partial charge in [-0.15, -0.1) is 12.4 Å². The van der Waals surface area contributed by atoms with Crippen molar-refractivity contribution in [3.05, 3.63) is 36.5 Å². The number of rotatable bonds is 3. The minimum absolute atomic E-state index is 0. The largest absolute Gasteiger partial charge is 0.368 e. The molecule has 0 fully saturated rings. The van der Waals surface area contributed by atoms with E-state index in [1.54, 1.807) is 5.01 Å². The lowest BCUT2D eigenvalue weighted by Crippen LogP contribution is -2.37. The zero-order chi connectivity index (χ0) is 10.8. The number of amides is 1. The van der Waals surface area contributed by atoms with Crippen LogP contribution < -0.4 is 10.7 Å². The molecule has 1 amide bonds. The molecule has 0 unspecified atom stereocenters.